The van der Waals surface area contributed by atoms with E-state index in [1.807, 2.05) is 6.07 Å². The quantitative estimate of drug-likeness (QED) is 0.619. The predicted molar refractivity (Wildman–Crippen MR) is 95.4 cm³/mol. The molecule has 0 amide bonds. The molecule has 1 aromatic heterocycles. The number of hydrogen-bond acceptors (Lipinski definition) is 5. The first kappa shape index (κ1) is 18.9. The normalized spacial score (nSPS) is 13.2. The number of nitrogens with zero attached hydrogens (tertiary/aromatic N) is 3. The smallest absolute Gasteiger partial charge is 0.213 e. The second kappa shape index (κ2) is 7.64. The van der Waals surface area contributed by atoms with E-state index in [4.69, 9.17) is 4.74 Å². The van der Waals surface area contributed by atoms with E-state index in [-0.39, 0.29) is 16.8 Å². The minimum Gasteiger partial charge on any atom is -0.591 e. The number of rotatable bonds is 4. The highest BCUT2D eigenvalue weighted by Crippen LogP contribution is 2.24. The number of hydrogen-bond donors (Lipinski definition) is 0. The van der Waals surface area contributed by atoms with Crippen molar-refractivity contribution in [1.82, 2.24) is 4.98 Å². The summed E-state index contributed by atoms with van der Waals surface area (Å²) in [6.07, 6.45) is 1.51. The molecule has 0 N–H and O–H groups in total. The molecule has 1 aromatic carbocycles. The number of pyridine rings is 1. The standard InChI is InChI=1S/C18H18FN3O2S/c1-18(2,3)25(23)22-17(12-8-9-21-16(10-12)24-4)13-6-5-7-15(19)14(13)11-20/h5-10H,1-4H3/b22-17+. The number of ether oxygens (including phenoxy) is 1. The van der Waals surface area contributed by atoms with Crippen LogP contribution in [0.15, 0.2) is 40.9 Å². The molecule has 0 fully saturated rings. The van der Waals surface area contributed by atoms with Gasteiger partial charge in [-0.1, -0.05) is 16.5 Å². The summed E-state index contributed by atoms with van der Waals surface area (Å²) in [5, 5.41) is 9.33. The Bertz CT molecular complexity index is 841. The molecule has 2 aromatic rings. The Hall–Kier alpha value is -2.43. The lowest BCUT2D eigenvalue weighted by Gasteiger charge is -2.20. The van der Waals surface area contributed by atoms with Crippen LogP contribution in [0.2, 0.25) is 0 Å². The molecule has 0 spiro atoms. The minimum atomic E-state index is -1.60. The van der Waals surface area contributed by atoms with E-state index in [2.05, 4.69) is 9.38 Å². The molecule has 2 rings (SSSR count). The van der Waals surface area contributed by atoms with Gasteiger partial charge in [0.05, 0.1) is 12.7 Å². The first-order valence-electron chi connectivity index (χ1n) is 7.48. The van der Waals surface area contributed by atoms with E-state index < -0.39 is 21.9 Å². The third kappa shape index (κ3) is 4.35. The molecule has 1 heterocycles. The third-order valence-corrected chi connectivity index (χ3v) is 4.69. The van der Waals surface area contributed by atoms with Gasteiger partial charge in [0.15, 0.2) is 0 Å². The van der Waals surface area contributed by atoms with Crippen LogP contribution in [-0.2, 0) is 11.4 Å². The Morgan fingerprint density at radius 3 is 2.68 bits per heavy atom. The van der Waals surface area contributed by atoms with Crippen LogP contribution in [-0.4, -0.2) is 27.1 Å². The zero-order valence-electron chi connectivity index (χ0n) is 14.4. The van der Waals surface area contributed by atoms with Crippen LogP contribution in [0.3, 0.4) is 0 Å². The monoisotopic (exact) mass is 359 g/mol. The Morgan fingerprint density at radius 1 is 1.36 bits per heavy atom. The molecule has 0 aliphatic rings. The van der Waals surface area contributed by atoms with Gasteiger partial charge in [0, 0.05) is 23.4 Å². The van der Waals surface area contributed by atoms with Crippen LogP contribution in [0.5, 0.6) is 5.88 Å². The topological polar surface area (TPSA) is 81.3 Å². The van der Waals surface area contributed by atoms with Crippen molar-refractivity contribution in [1.29, 1.82) is 5.26 Å². The fraction of sp³-hybridized carbons (Fsp3) is 0.278. The number of nitriles is 1. The average molecular weight is 359 g/mol. The van der Waals surface area contributed by atoms with Gasteiger partial charge < -0.3 is 9.29 Å². The van der Waals surface area contributed by atoms with Gasteiger partial charge >= 0.3 is 0 Å². The fourth-order valence-electron chi connectivity index (χ4n) is 1.98. The Morgan fingerprint density at radius 2 is 2.08 bits per heavy atom. The summed E-state index contributed by atoms with van der Waals surface area (Å²) in [5.74, 6) is -0.322. The molecular formula is C18H18FN3O2S. The molecule has 0 bridgehead atoms. The number of aromatic nitrogens is 1. The first-order valence-corrected chi connectivity index (χ1v) is 8.58. The number of benzene rings is 1. The maximum Gasteiger partial charge on any atom is 0.213 e. The van der Waals surface area contributed by atoms with Crippen molar-refractivity contribution >= 4 is 17.1 Å². The van der Waals surface area contributed by atoms with Gasteiger partial charge in [-0.05, 0) is 32.9 Å². The van der Waals surface area contributed by atoms with E-state index in [0.717, 1.165) is 0 Å². The summed E-state index contributed by atoms with van der Waals surface area (Å²) >= 11 is -1.60. The average Bonchev–Trinajstić information content (AvgIpc) is 2.58. The van der Waals surface area contributed by atoms with Gasteiger partial charge in [-0.2, -0.15) is 5.26 Å². The van der Waals surface area contributed by atoms with Crippen LogP contribution >= 0.6 is 0 Å². The first-order chi connectivity index (χ1) is 11.8. The van der Waals surface area contributed by atoms with Crippen LogP contribution in [0.25, 0.3) is 0 Å². The van der Waals surface area contributed by atoms with E-state index >= 15 is 0 Å². The molecule has 1 atom stereocenters. The third-order valence-electron chi connectivity index (χ3n) is 3.30. The summed E-state index contributed by atoms with van der Waals surface area (Å²) in [7, 11) is 1.47. The highest BCUT2D eigenvalue weighted by atomic mass is 32.2. The molecule has 130 valence electrons. The van der Waals surface area contributed by atoms with Crippen molar-refractivity contribution < 1.29 is 13.7 Å². The van der Waals surface area contributed by atoms with Crippen molar-refractivity contribution in [2.75, 3.05) is 7.11 Å². The SMILES string of the molecule is COc1cc(/C(=N\[S+]([O-])C(C)(C)C)c2cccc(F)c2C#N)ccn1. The maximum atomic E-state index is 14.1. The molecule has 0 radical (unpaired) electrons. The van der Waals surface area contributed by atoms with Crippen molar-refractivity contribution in [3.63, 3.8) is 0 Å². The highest BCUT2D eigenvalue weighted by Gasteiger charge is 2.29. The predicted octanol–water partition coefficient (Wildman–Crippen LogP) is 3.40. The van der Waals surface area contributed by atoms with Crippen molar-refractivity contribution in [2.24, 2.45) is 4.40 Å². The van der Waals surface area contributed by atoms with Crippen LogP contribution in [0.1, 0.15) is 37.5 Å². The van der Waals surface area contributed by atoms with Gasteiger partial charge in [-0.3, -0.25) is 0 Å². The summed E-state index contributed by atoms with van der Waals surface area (Å²) in [6.45, 7) is 5.36. The summed E-state index contributed by atoms with van der Waals surface area (Å²) in [6, 6.07) is 9.37. The largest absolute Gasteiger partial charge is 0.591 e. The van der Waals surface area contributed by atoms with Crippen LogP contribution in [0, 0.1) is 17.1 Å². The molecule has 0 saturated carbocycles. The summed E-state index contributed by atoms with van der Waals surface area (Å²) in [4.78, 5) is 4.03. The molecule has 0 aliphatic heterocycles. The van der Waals surface area contributed by atoms with Crippen LogP contribution in [0.4, 0.5) is 4.39 Å². The summed E-state index contributed by atoms with van der Waals surface area (Å²) in [5.41, 5.74) is 0.910. The lowest BCUT2D eigenvalue weighted by Crippen LogP contribution is -2.27. The molecular weight excluding hydrogens is 341 g/mol. The second-order valence-corrected chi connectivity index (χ2v) is 8.07. The van der Waals surface area contributed by atoms with Gasteiger partial charge in [0.25, 0.3) is 0 Å². The van der Waals surface area contributed by atoms with Gasteiger partial charge in [0.2, 0.25) is 5.88 Å². The van der Waals surface area contributed by atoms with Crippen molar-refractivity contribution in [3.8, 4) is 11.9 Å². The van der Waals surface area contributed by atoms with E-state index in [1.165, 1.54) is 25.4 Å². The molecule has 7 heteroatoms. The number of halogens is 1. The van der Waals surface area contributed by atoms with Crippen LogP contribution < -0.4 is 4.74 Å². The van der Waals surface area contributed by atoms with E-state index in [9.17, 15) is 14.2 Å². The Kier molecular flexibility index (Phi) is 5.77. The fourth-order valence-corrected chi connectivity index (χ4v) is 2.62. The minimum absolute atomic E-state index is 0.150. The lowest BCUT2D eigenvalue weighted by molar-refractivity contribution is 0.398. The van der Waals surface area contributed by atoms with Crippen molar-refractivity contribution in [2.45, 2.75) is 25.5 Å². The van der Waals surface area contributed by atoms with E-state index in [0.29, 0.717) is 11.4 Å². The Labute approximate surface area is 149 Å². The zero-order chi connectivity index (χ0) is 18.6. The molecule has 1 unspecified atom stereocenters. The molecule has 25 heavy (non-hydrogen) atoms. The van der Waals surface area contributed by atoms with E-state index in [1.54, 1.807) is 39.0 Å². The molecule has 5 nitrogen and oxygen atoms in total. The lowest BCUT2D eigenvalue weighted by atomic mass is 9.98. The van der Waals surface area contributed by atoms with Gasteiger partial charge in [-0.25, -0.2) is 9.37 Å². The van der Waals surface area contributed by atoms with Gasteiger partial charge in [-0.15, -0.1) is 0 Å². The molecule has 0 saturated heterocycles. The zero-order valence-corrected chi connectivity index (χ0v) is 15.2. The second-order valence-electron chi connectivity index (χ2n) is 6.16. The maximum absolute atomic E-state index is 14.1. The van der Waals surface area contributed by atoms with Gasteiger partial charge in [0.1, 0.15) is 33.7 Å². The highest BCUT2D eigenvalue weighted by molar-refractivity contribution is 7.91. The van der Waals surface area contributed by atoms with Crippen molar-refractivity contribution in [3.05, 3.63) is 59.0 Å². The Balaban J connectivity index is 2.72. The number of methoxy groups -OCH3 is 1. The summed E-state index contributed by atoms with van der Waals surface area (Å²) < 4.78 is 35.4. The molecule has 0 aliphatic carbocycles.